The minimum Gasteiger partial charge on any atom is -0.395 e. The van der Waals surface area contributed by atoms with Crippen LogP contribution in [-0.2, 0) is 19.5 Å². The summed E-state index contributed by atoms with van der Waals surface area (Å²) in [5, 5.41) is 18.2. The molecule has 1 rings (SSSR count). The van der Waals surface area contributed by atoms with Crippen LogP contribution in [0.2, 0.25) is 5.02 Å². The van der Waals surface area contributed by atoms with Crippen LogP contribution in [0.25, 0.3) is 0 Å². The summed E-state index contributed by atoms with van der Waals surface area (Å²) in [4.78, 5) is 0. The van der Waals surface area contributed by atoms with E-state index in [1.165, 1.54) is 0 Å². The first-order chi connectivity index (χ1) is 9.08. The Balaban J connectivity index is 2.74. The molecule has 1 heterocycles. The molecule has 0 saturated heterocycles. The normalized spacial score (nSPS) is 14.6. The molecular formula is C13H24ClN3OS. The lowest BCUT2D eigenvalue weighted by Crippen LogP contribution is -2.37. The third kappa shape index (κ3) is 4.12. The Morgan fingerprint density at radius 1 is 1.47 bits per heavy atom. The molecule has 110 valence electrons. The zero-order valence-electron chi connectivity index (χ0n) is 12.1. The molecule has 6 heteroatoms. The highest BCUT2D eigenvalue weighted by Crippen LogP contribution is 2.22. The van der Waals surface area contributed by atoms with Crippen molar-refractivity contribution in [1.29, 1.82) is 0 Å². The fraction of sp³-hybridized carbons (Fsp3) is 0.769. The summed E-state index contributed by atoms with van der Waals surface area (Å²) in [6, 6.07) is 0.223. The van der Waals surface area contributed by atoms with E-state index >= 15 is 0 Å². The lowest BCUT2D eigenvalue weighted by molar-refractivity contribution is 0.275. The molecule has 0 aliphatic heterocycles. The van der Waals surface area contributed by atoms with Crippen LogP contribution in [0.15, 0.2) is 0 Å². The van der Waals surface area contributed by atoms with Gasteiger partial charge in [-0.15, -0.1) is 0 Å². The summed E-state index contributed by atoms with van der Waals surface area (Å²) >= 11 is 8.03. The van der Waals surface area contributed by atoms with Crippen molar-refractivity contribution in [2.75, 3.05) is 12.9 Å². The molecule has 1 aromatic rings. The molecule has 1 aromatic heterocycles. The molecule has 0 bridgehead atoms. The van der Waals surface area contributed by atoms with Crippen LogP contribution >= 0.6 is 23.4 Å². The number of halogens is 1. The Labute approximate surface area is 124 Å². The quantitative estimate of drug-likeness (QED) is 0.774. The van der Waals surface area contributed by atoms with Crippen molar-refractivity contribution >= 4 is 23.4 Å². The van der Waals surface area contributed by atoms with Gasteiger partial charge in [0, 0.05) is 24.4 Å². The van der Waals surface area contributed by atoms with Gasteiger partial charge in [0.25, 0.3) is 0 Å². The number of aromatic nitrogens is 2. The Morgan fingerprint density at radius 2 is 2.16 bits per heavy atom. The molecule has 19 heavy (non-hydrogen) atoms. The Bertz CT molecular complexity index is 393. The number of aliphatic hydroxyl groups is 1. The number of hydrogen-bond donors (Lipinski definition) is 2. The summed E-state index contributed by atoms with van der Waals surface area (Å²) in [5.74, 6) is 0. The number of hydrogen-bond acceptors (Lipinski definition) is 4. The van der Waals surface area contributed by atoms with Gasteiger partial charge >= 0.3 is 0 Å². The molecule has 2 unspecified atom stereocenters. The second kappa shape index (κ2) is 8.15. The van der Waals surface area contributed by atoms with E-state index in [1.807, 2.05) is 10.9 Å². The maximum Gasteiger partial charge on any atom is 0.0863 e. The lowest BCUT2D eigenvalue weighted by atomic mass is 10.2. The summed E-state index contributed by atoms with van der Waals surface area (Å²) in [7, 11) is 0. The highest BCUT2D eigenvalue weighted by Gasteiger charge is 2.18. The van der Waals surface area contributed by atoms with E-state index in [0.29, 0.717) is 6.54 Å². The van der Waals surface area contributed by atoms with Gasteiger partial charge in [0.15, 0.2) is 0 Å². The van der Waals surface area contributed by atoms with Gasteiger partial charge in [0.1, 0.15) is 0 Å². The van der Waals surface area contributed by atoms with Crippen molar-refractivity contribution in [2.24, 2.45) is 0 Å². The summed E-state index contributed by atoms with van der Waals surface area (Å²) in [6.07, 6.45) is 2.86. The fourth-order valence-electron chi connectivity index (χ4n) is 2.01. The molecule has 0 aromatic carbocycles. The number of rotatable bonds is 8. The average Bonchev–Trinajstić information content (AvgIpc) is 2.73. The highest BCUT2D eigenvalue weighted by atomic mass is 35.5. The maximum atomic E-state index is 9.29. The maximum absolute atomic E-state index is 9.29. The van der Waals surface area contributed by atoms with Gasteiger partial charge in [-0.05, 0) is 26.5 Å². The Kier molecular flexibility index (Phi) is 7.21. The van der Waals surface area contributed by atoms with Crippen LogP contribution in [0.4, 0.5) is 0 Å². The minimum absolute atomic E-state index is 0.177. The van der Waals surface area contributed by atoms with E-state index in [4.69, 9.17) is 11.6 Å². The van der Waals surface area contributed by atoms with Crippen molar-refractivity contribution in [2.45, 2.75) is 51.6 Å². The number of nitrogens with zero attached hydrogens (tertiary/aromatic N) is 2. The highest BCUT2D eigenvalue weighted by molar-refractivity contribution is 7.99. The van der Waals surface area contributed by atoms with Crippen LogP contribution in [-0.4, -0.2) is 39.0 Å². The number of thioether (sulfide) groups is 1. The fourth-order valence-corrected chi connectivity index (χ4v) is 3.00. The van der Waals surface area contributed by atoms with Crippen LogP contribution in [0.1, 0.15) is 32.2 Å². The van der Waals surface area contributed by atoms with Gasteiger partial charge in [0.2, 0.25) is 0 Å². The van der Waals surface area contributed by atoms with E-state index < -0.39 is 0 Å². The second-order valence-electron chi connectivity index (χ2n) is 4.50. The first-order valence-electron chi connectivity index (χ1n) is 6.70. The molecule has 0 aliphatic rings. The number of aliphatic hydroxyl groups excluding tert-OH is 1. The molecule has 0 radical (unpaired) electrons. The van der Waals surface area contributed by atoms with E-state index in [-0.39, 0.29) is 17.9 Å². The Morgan fingerprint density at radius 3 is 2.63 bits per heavy atom. The average molecular weight is 306 g/mol. The van der Waals surface area contributed by atoms with E-state index in [9.17, 15) is 5.11 Å². The number of aryl methyl sites for hydroxylation is 2. The Hall–Kier alpha value is -0.230. The summed E-state index contributed by atoms with van der Waals surface area (Å²) in [5.41, 5.74) is 1.99. The molecule has 0 fully saturated rings. The predicted octanol–water partition coefficient (Wildman–Crippen LogP) is 2.32. The van der Waals surface area contributed by atoms with Crippen molar-refractivity contribution in [1.82, 2.24) is 15.1 Å². The number of nitrogens with one attached hydrogen (secondary N) is 1. The van der Waals surface area contributed by atoms with Crippen molar-refractivity contribution < 1.29 is 5.11 Å². The zero-order valence-corrected chi connectivity index (χ0v) is 13.7. The molecule has 0 saturated carbocycles. The van der Waals surface area contributed by atoms with E-state index in [2.05, 4.69) is 31.2 Å². The van der Waals surface area contributed by atoms with Crippen LogP contribution in [0.5, 0.6) is 0 Å². The van der Waals surface area contributed by atoms with Crippen LogP contribution in [0, 0.1) is 0 Å². The van der Waals surface area contributed by atoms with Gasteiger partial charge in [-0.25, -0.2) is 0 Å². The molecular weight excluding hydrogens is 282 g/mol. The van der Waals surface area contributed by atoms with Crippen molar-refractivity contribution in [3.05, 3.63) is 16.4 Å². The molecule has 4 nitrogen and oxygen atoms in total. The van der Waals surface area contributed by atoms with Gasteiger partial charge in [-0.1, -0.05) is 18.5 Å². The predicted molar refractivity (Wildman–Crippen MR) is 83.0 cm³/mol. The summed E-state index contributed by atoms with van der Waals surface area (Å²) < 4.78 is 1.95. The van der Waals surface area contributed by atoms with Gasteiger partial charge in [-0.3, -0.25) is 4.68 Å². The van der Waals surface area contributed by atoms with Crippen LogP contribution < -0.4 is 5.32 Å². The standard InChI is InChI=1S/C13H24ClN3OS/c1-5-10-13(14)11(17(6-2)16-10)7-15-9(3)12(8-18)19-4/h9,12,15,18H,5-8H2,1-4H3. The third-order valence-corrected chi connectivity index (χ3v) is 4.93. The van der Waals surface area contributed by atoms with Gasteiger partial charge in [-0.2, -0.15) is 16.9 Å². The SMILES string of the molecule is CCc1nn(CC)c(CNC(C)C(CO)SC)c1Cl. The van der Waals surface area contributed by atoms with Gasteiger partial charge in [0.05, 0.1) is 23.0 Å². The van der Waals surface area contributed by atoms with Crippen molar-refractivity contribution in [3.8, 4) is 0 Å². The van der Waals surface area contributed by atoms with Gasteiger partial charge < -0.3 is 10.4 Å². The minimum atomic E-state index is 0.177. The lowest BCUT2D eigenvalue weighted by Gasteiger charge is -2.21. The third-order valence-electron chi connectivity index (χ3n) is 3.33. The molecule has 2 atom stereocenters. The summed E-state index contributed by atoms with van der Waals surface area (Å²) in [6.45, 7) is 7.88. The van der Waals surface area contributed by atoms with E-state index in [1.54, 1.807) is 11.8 Å². The molecule has 2 N–H and O–H groups in total. The smallest absolute Gasteiger partial charge is 0.0863 e. The topological polar surface area (TPSA) is 50.1 Å². The van der Waals surface area contributed by atoms with Crippen LogP contribution in [0.3, 0.4) is 0 Å². The van der Waals surface area contributed by atoms with E-state index in [0.717, 1.165) is 29.4 Å². The first-order valence-corrected chi connectivity index (χ1v) is 8.36. The molecule has 0 spiro atoms. The monoisotopic (exact) mass is 305 g/mol. The zero-order chi connectivity index (χ0) is 14.4. The molecule has 0 amide bonds. The largest absolute Gasteiger partial charge is 0.395 e. The van der Waals surface area contributed by atoms with Crippen molar-refractivity contribution in [3.63, 3.8) is 0 Å². The second-order valence-corrected chi connectivity index (χ2v) is 5.96. The first kappa shape index (κ1) is 16.8. The molecule has 0 aliphatic carbocycles.